The van der Waals surface area contributed by atoms with Crippen molar-refractivity contribution in [1.29, 1.82) is 0 Å². The van der Waals surface area contributed by atoms with E-state index in [2.05, 4.69) is 0 Å². The molecule has 4 heterocycles. The van der Waals surface area contributed by atoms with Gasteiger partial charge in [-0.05, 0) is 18.4 Å². The fourth-order valence-corrected chi connectivity index (χ4v) is 6.62. The normalized spacial score (nSPS) is 33.5. The van der Waals surface area contributed by atoms with Gasteiger partial charge >= 0.3 is 0 Å². The number of fused-ring (bicyclic) bond motifs is 2. The van der Waals surface area contributed by atoms with Crippen molar-refractivity contribution in [2.75, 3.05) is 32.8 Å². The van der Waals surface area contributed by atoms with E-state index in [0.29, 0.717) is 32.6 Å². The fourth-order valence-electron chi connectivity index (χ4n) is 6.62. The van der Waals surface area contributed by atoms with Crippen LogP contribution in [-0.2, 0) is 25.7 Å². The summed E-state index contributed by atoms with van der Waals surface area (Å²) in [4.78, 5) is 47.1. The molecule has 1 spiro atoms. The first kappa shape index (κ1) is 24.7. The molecular formula is C28H35N3O5. The van der Waals surface area contributed by atoms with Gasteiger partial charge in [-0.15, -0.1) is 0 Å². The first-order valence-electron chi connectivity index (χ1n) is 13.0. The zero-order chi connectivity index (χ0) is 25.5. The quantitative estimate of drug-likeness (QED) is 0.585. The number of amides is 3. The molecule has 8 heteroatoms. The van der Waals surface area contributed by atoms with Gasteiger partial charge in [0.2, 0.25) is 17.7 Å². The zero-order valence-corrected chi connectivity index (χ0v) is 21.0. The molecular weight excluding hydrogens is 458 g/mol. The van der Waals surface area contributed by atoms with Crippen molar-refractivity contribution in [2.45, 2.75) is 50.5 Å². The van der Waals surface area contributed by atoms with Gasteiger partial charge in [0, 0.05) is 32.7 Å². The molecule has 0 aliphatic carbocycles. The minimum Gasteiger partial charge on any atom is -0.395 e. The van der Waals surface area contributed by atoms with Crippen LogP contribution in [0.2, 0.25) is 0 Å². The molecule has 1 N–H and O–H groups in total. The Morgan fingerprint density at radius 2 is 1.64 bits per heavy atom. The number of β-amino-alcohol motifs (C(OH)–C–C–N with tert-alkyl or cyclic N) is 1. The standard InChI is InChI=1S/C28H35N3O5/c1-3-14-29-15-8-12-27(4-2)21(24(29)33)22-25(34)31(17-18-32)23-26(35)30(16-9-13-28(22,23)36-27)19-20-10-6-5-7-11-20/h5-13,21-23,32H,3-4,14-19H2,1-2H3/t21-,22+,23?,27+,28+/m1/s1. The molecule has 36 heavy (non-hydrogen) atoms. The number of aliphatic hydroxyl groups is 1. The Bertz CT molecular complexity index is 1090. The number of carbonyl (C=O) groups is 3. The van der Waals surface area contributed by atoms with Gasteiger partial charge in [0.05, 0.1) is 24.0 Å². The lowest BCUT2D eigenvalue weighted by Crippen LogP contribution is -2.56. The number of likely N-dealkylation sites (tertiary alicyclic amines) is 1. The molecule has 5 rings (SSSR count). The Hall–Kier alpha value is -2.97. The molecule has 2 saturated heterocycles. The van der Waals surface area contributed by atoms with Crippen molar-refractivity contribution >= 4 is 17.7 Å². The Morgan fingerprint density at radius 3 is 2.33 bits per heavy atom. The second kappa shape index (κ2) is 9.48. The van der Waals surface area contributed by atoms with E-state index >= 15 is 0 Å². The monoisotopic (exact) mass is 493 g/mol. The minimum atomic E-state index is -1.27. The predicted molar refractivity (Wildman–Crippen MR) is 133 cm³/mol. The SMILES string of the molecule is CCCN1CC=C[C@]2(CC)O[C@]34C=CCN(Cc5ccccc5)C(=O)C3N(CCO)C(=O)[C@@H]4[C@@H]2C1=O. The van der Waals surface area contributed by atoms with Crippen molar-refractivity contribution in [3.8, 4) is 0 Å². The highest BCUT2D eigenvalue weighted by Crippen LogP contribution is 2.58. The molecule has 3 amide bonds. The summed E-state index contributed by atoms with van der Waals surface area (Å²) in [6.07, 6.45) is 8.98. The molecule has 0 bridgehead atoms. The van der Waals surface area contributed by atoms with Crippen LogP contribution < -0.4 is 0 Å². The van der Waals surface area contributed by atoms with Crippen LogP contribution in [0.25, 0.3) is 0 Å². The van der Waals surface area contributed by atoms with E-state index in [1.165, 1.54) is 4.90 Å². The van der Waals surface area contributed by atoms with Crippen LogP contribution in [0.4, 0.5) is 0 Å². The van der Waals surface area contributed by atoms with Crippen LogP contribution in [0.15, 0.2) is 54.6 Å². The van der Waals surface area contributed by atoms with Crippen molar-refractivity contribution < 1.29 is 24.2 Å². The van der Waals surface area contributed by atoms with Crippen LogP contribution in [0.1, 0.15) is 32.3 Å². The number of hydrogen-bond acceptors (Lipinski definition) is 5. The smallest absolute Gasteiger partial charge is 0.249 e. The van der Waals surface area contributed by atoms with Gasteiger partial charge in [-0.2, -0.15) is 0 Å². The number of rotatable bonds is 7. The molecule has 192 valence electrons. The van der Waals surface area contributed by atoms with Crippen LogP contribution in [0, 0.1) is 11.8 Å². The third kappa shape index (κ3) is 3.61. The number of carbonyl (C=O) groups excluding carboxylic acids is 3. The summed E-state index contributed by atoms with van der Waals surface area (Å²) in [7, 11) is 0. The van der Waals surface area contributed by atoms with Crippen LogP contribution >= 0.6 is 0 Å². The Balaban J connectivity index is 1.60. The third-order valence-corrected chi connectivity index (χ3v) is 8.16. The molecule has 1 unspecified atom stereocenters. The molecule has 1 aromatic rings. The van der Waals surface area contributed by atoms with Crippen LogP contribution in [0.5, 0.6) is 0 Å². The Morgan fingerprint density at radius 1 is 0.917 bits per heavy atom. The fraction of sp³-hybridized carbons (Fsp3) is 0.536. The zero-order valence-electron chi connectivity index (χ0n) is 21.0. The second-order valence-corrected chi connectivity index (χ2v) is 10.2. The molecule has 0 aromatic heterocycles. The molecule has 2 fully saturated rings. The van der Waals surface area contributed by atoms with Crippen molar-refractivity contribution in [1.82, 2.24) is 14.7 Å². The van der Waals surface area contributed by atoms with Gasteiger partial charge in [0.25, 0.3) is 0 Å². The summed E-state index contributed by atoms with van der Waals surface area (Å²) in [6, 6.07) is 8.78. The lowest BCUT2D eigenvalue weighted by Gasteiger charge is -2.38. The van der Waals surface area contributed by atoms with E-state index in [1.54, 1.807) is 9.80 Å². The topological polar surface area (TPSA) is 90.4 Å². The van der Waals surface area contributed by atoms with Crippen LogP contribution in [-0.4, -0.2) is 87.6 Å². The van der Waals surface area contributed by atoms with E-state index in [9.17, 15) is 19.5 Å². The number of nitrogens with zero attached hydrogens (tertiary/aromatic N) is 3. The lowest BCUT2D eigenvalue weighted by molar-refractivity contribution is -0.154. The maximum absolute atomic E-state index is 14.1. The summed E-state index contributed by atoms with van der Waals surface area (Å²) in [5.74, 6) is -2.19. The average molecular weight is 494 g/mol. The first-order valence-corrected chi connectivity index (χ1v) is 13.0. The summed E-state index contributed by atoms with van der Waals surface area (Å²) < 4.78 is 6.88. The highest BCUT2D eigenvalue weighted by atomic mass is 16.5. The van der Waals surface area contributed by atoms with Gasteiger partial charge in [0.15, 0.2) is 0 Å². The van der Waals surface area contributed by atoms with Gasteiger partial charge in [0.1, 0.15) is 11.6 Å². The molecule has 0 radical (unpaired) electrons. The van der Waals surface area contributed by atoms with Gasteiger partial charge in [-0.25, -0.2) is 0 Å². The molecule has 4 aliphatic rings. The summed E-state index contributed by atoms with van der Waals surface area (Å²) >= 11 is 0. The van der Waals surface area contributed by atoms with Gasteiger partial charge < -0.3 is 24.5 Å². The molecule has 5 atom stereocenters. The Kier molecular flexibility index (Phi) is 6.51. The van der Waals surface area contributed by atoms with E-state index in [-0.39, 0.29) is 30.9 Å². The average Bonchev–Trinajstić information content (AvgIpc) is 3.17. The highest BCUT2D eigenvalue weighted by molar-refractivity contribution is 6.00. The largest absolute Gasteiger partial charge is 0.395 e. The minimum absolute atomic E-state index is 0.0123. The molecule has 1 aromatic carbocycles. The van der Waals surface area contributed by atoms with Crippen molar-refractivity contribution in [3.63, 3.8) is 0 Å². The van der Waals surface area contributed by atoms with Gasteiger partial charge in [-0.1, -0.05) is 68.5 Å². The summed E-state index contributed by atoms with van der Waals surface area (Å²) in [5, 5.41) is 9.83. The predicted octanol–water partition coefficient (Wildman–Crippen LogP) is 1.75. The van der Waals surface area contributed by atoms with Crippen LogP contribution in [0.3, 0.4) is 0 Å². The molecule has 8 nitrogen and oxygen atoms in total. The molecule has 0 saturated carbocycles. The van der Waals surface area contributed by atoms with E-state index < -0.39 is 29.1 Å². The number of hydrogen-bond donors (Lipinski definition) is 1. The maximum Gasteiger partial charge on any atom is 0.249 e. The number of aliphatic hydroxyl groups excluding tert-OH is 1. The Labute approximate surface area is 212 Å². The molecule has 4 aliphatic heterocycles. The van der Waals surface area contributed by atoms with Crippen molar-refractivity contribution in [3.05, 3.63) is 60.2 Å². The number of ether oxygens (including phenoxy) is 1. The van der Waals surface area contributed by atoms with E-state index in [1.807, 2.05) is 68.5 Å². The number of benzene rings is 1. The van der Waals surface area contributed by atoms with Gasteiger partial charge in [-0.3, -0.25) is 14.4 Å². The van der Waals surface area contributed by atoms with Crippen molar-refractivity contribution in [2.24, 2.45) is 11.8 Å². The maximum atomic E-state index is 14.1. The second-order valence-electron chi connectivity index (χ2n) is 10.2. The highest BCUT2D eigenvalue weighted by Gasteiger charge is 2.75. The van der Waals surface area contributed by atoms with E-state index in [4.69, 9.17) is 4.74 Å². The first-order chi connectivity index (χ1) is 17.4. The lowest BCUT2D eigenvalue weighted by atomic mass is 9.73. The van der Waals surface area contributed by atoms with E-state index in [0.717, 1.165) is 12.0 Å². The summed E-state index contributed by atoms with van der Waals surface area (Å²) in [6.45, 7) is 5.57. The third-order valence-electron chi connectivity index (χ3n) is 8.16. The summed E-state index contributed by atoms with van der Waals surface area (Å²) in [5.41, 5.74) is -1.26.